The van der Waals surface area contributed by atoms with Crippen molar-refractivity contribution in [3.63, 3.8) is 0 Å². The first kappa shape index (κ1) is 13.1. The van der Waals surface area contributed by atoms with Crippen molar-refractivity contribution in [3.8, 4) is 0 Å². The summed E-state index contributed by atoms with van der Waals surface area (Å²) in [7, 11) is 0. The maximum Gasteiger partial charge on any atom is 0.0702 e. The molecular formula is C16H19BrN2. The van der Waals surface area contributed by atoms with Crippen LogP contribution in [-0.2, 0) is 6.54 Å². The maximum absolute atomic E-state index is 4.37. The van der Waals surface area contributed by atoms with Crippen LogP contribution in [0.4, 0.5) is 0 Å². The van der Waals surface area contributed by atoms with E-state index in [0.717, 1.165) is 18.0 Å². The molecule has 2 atom stereocenters. The largest absolute Gasteiger partial charge is 0.299 e. The lowest BCUT2D eigenvalue weighted by Gasteiger charge is -2.34. The molecule has 0 N–H and O–H groups in total. The van der Waals surface area contributed by atoms with Gasteiger partial charge in [-0.1, -0.05) is 35.0 Å². The number of fused-ring (bicyclic) bond motifs is 1. The highest BCUT2D eigenvalue weighted by Crippen LogP contribution is 2.25. The van der Waals surface area contributed by atoms with Crippen LogP contribution in [0.25, 0.3) is 10.9 Å². The molecule has 100 valence electrons. The molecule has 0 spiro atoms. The minimum absolute atomic E-state index is 0.685. The van der Waals surface area contributed by atoms with Crippen LogP contribution >= 0.6 is 15.9 Å². The minimum Gasteiger partial charge on any atom is -0.299 e. The van der Waals surface area contributed by atoms with Crippen molar-refractivity contribution in [2.75, 3.05) is 13.1 Å². The van der Waals surface area contributed by atoms with Gasteiger partial charge in [-0.05, 0) is 42.6 Å². The number of pyridine rings is 1. The van der Waals surface area contributed by atoms with E-state index in [0.29, 0.717) is 4.83 Å². The topological polar surface area (TPSA) is 16.1 Å². The summed E-state index contributed by atoms with van der Waals surface area (Å²) in [6.45, 7) is 5.75. The number of nitrogens with zero attached hydrogens (tertiary/aromatic N) is 2. The predicted molar refractivity (Wildman–Crippen MR) is 83.5 cm³/mol. The van der Waals surface area contributed by atoms with E-state index in [4.69, 9.17) is 0 Å². The molecule has 1 aromatic heterocycles. The zero-order chi connectivity index (χ0) is 13.2. The van der Waals surface area contributed by atoms with E-state index in [1.807, 2.05) is 12.3 Å². The molecular weight excluding hydrogens is 300 g/mol. The molecule has 1 saturated heterocycles. The lowest BCUT2D eigenvalue weighted by Crippen LogP contribution is -2.39. The van der Waals surface area contributed by atoms with Gasteiger partial charge in [0.2, 0.25) is 0 Å². The Morgan fingerprint density at radius 3 is 3.11 bits per heavy atom. The minimum atomic E-state index is 0.685. The smallest absolute Gasteiger partial charge is 0.0702 e. The number of hydrogen-bond acceptors (Lipinski definition) is 2. The molecule has 1 aliphatic rings. The van der Waals surface area contributed by atoms with Gasteiger partial charge in [0, 0.05) is 29.5 Å². The molecule has 0 aliphatic carbocycles. The normalized spacial score (nSPS) is 24.7. The first-order valence-corrected chi connectivity index (χ1v) is 7.84. The summed E-state index contributed by atoms with van der Waals surface area (Å²) in [5.41, 5.74) is 2.47. The summed E-state index contributed by atoms with van der Waals surface area (Å²) >= 11 is 3.76. The highest BCUT2D eigenvalue weighted by molar-refractivity contribution is 9.09. The van der Waals surface area contributed by atoms with Gasteiger partial charge in [-0.15, -0.1) is 0 Å². The predicted octanol–water partition coefficient (Wildman–Crippen LogP) is 3.84. The number of halogens is 1. The quantitative estimate of drug-likeness (QED) is 0.782. The summed E-state index contributed by atoms with van der Waals surface area (Å²) in [5, 5.41) is 1.24. The Kier molecular flexibility index (Phi) is 3.85. The summed E-state index contributed by atoms with van der Waals surface area (Å²) in [5.74, 6) is 0.732. The third kappa shape index (κ3) is 2.98. The molecule has 0 amide bonds. The van der Waals surface area contributed by atoms with Crippen molar-refractivity contribution < 1.29 is 0 Å². The SMILES string of the molecule is CC1CN(Cc2ccc3ncccc3c2)CCC1Br. The van der Waals surface area contributed by atoms with Gasteiger partial charge < -0.3 is 0 Å². The monoisotopic (exact) mass is 318 g/mol. The third-order valence-electron chi connectivity index (χ3n) is 3.96. The van der Waals surface area contributed by atoms with E-state index in [9.17, 15) is 0 Å². The van der Waals surface area contributed by atoms with Crippen LogP contribution in [0.5, 0.6) is 0 Å². The van der Waals surface area contributed by atoms with Crippen molar-refractivity contribution in [1.82, 2.24) is 9.88 Å². The fourth-order valence-corrected chi connectivity index (χ4v) is 3.20. The second kappa shape index (κ2) is 5.59. The van der Waals surface area contributed by atoms with Gasteiger partial charge in [-0.25, -0.2) is 0 Å². The lowest BCUT2D eigenvalue weighted by atomic mass is 9.99. The van der Waals surface area contributed by atoms with Crippen molar-refractivity contribution in [2.24, 2.45) is 5.92 Å². The molecule has 0 bridgehead atoms. The second-order valence-electron chi connectivity index (χ2n) is 5.55. The van der Waals surface area contributed by atoms with Gasteiger partial charge in [0.25, 0.3) is 0 Å². The number of piperidine rings is 1. The summed E-state index contributed by atoms with van der Waals surface area (Å²) < 4.78 is 0. The van der Waals surface area contributed by atoms with Gasteiger partial charge in [0.15, 0.2) is 0 Å². The summed E-state index contributed by atoms with van der Waals surface area (Å²) in [6, 6.07) is 10.8. The standard InChI is InChI=1S/C16H19BrN2/c1-12-10-19(8-6-15(12)17)11-13-4-5-16-14(9-13)3-2-7-18-16/h2-5,7,9,12,15H,6,8,10-11H2,1H3. The van der Waals surface area contributed by atoms with E-state index < -0.39 is 0 Å². The van der Waals surface area contributed by atoms with E-state index in [-0.39, 0.29) is 0 Å². The number of benzene rings is 1. The van der Waals surface area contributed by atoms with Crippen LogP contribution in [0.3, 0.4) is 0 Å². The highest BCUT2D eigenvalue weighted by atomic mass is 79.9. The Labute approximate surface area is 123 Å². The summed E-state index contributed by atoms with van der Waals surface area (Å²) in [4.78, 5) is 7.61. The average Bonchev–Trinajstić information content (AvgIpc) is 2.43. The lowest BCUT2D eigenvalue weighted by molar-refractivity contribution is 0.183. The zero-order valence-electron chi connectivity index (χ0n) is 11.2. The van der Waals surface area contributed by atoms with Crippen LogP contribution in [0.15, 0.2) is 36.5 Å². The molecule has 2 unspecified atom stereocenters. The van der Waals surface area contributed by atoms with Crippen LogP contribution in [0.1, 0.15) is 18.9 Å². The average molecular weight is 319 g/mol. The highest BCUT2D eigenvalue weighted by Gasteiger charge is 2.23. The fourth-order valence-electron chi connectivity index (χ4n) is 2.83. The van der Waals surface area contributed by atoms with E-state index in [2.05, 4.69) is 57.0 Å². The van der Waals surface area contributed by atoms with Gasteiger partial charge in [0.1, 0.15) is 0 Å². The number of rotatable bonds is 2. The first-order chi connectivity index (χ1) is 9.22. The molecule has 19 heavy (non-hydrogen) atoms. The Morgan fingerprint density at radius 2 is 2.26 bits per heavy atom. The Hall–Kier alpha value is -0.930. The number of aromatic nitrogens is 1. The molecule has 1 fully saturated rings. The van der Waals surface area contributed by atoms with Crippen molar-refractivity contribution in [1.29, 1.82) is 0 Å². The van der Waals surface area contributed by atoms with Crippen LogP contribution in [0, 0.1) is 5.92 Å². The van der Waals surface area contributed by atoms with Crippen molar-refractivity contribution in [3.05, 3.63) is 42.1 Å². The molecule has 2 nitrogen and oxygen atoms in total. The van der Waals surface area contributed by atoms with Crippen molar-refractivity contribution in [2.45, 2.75) is 24.7 Å². The fraction of sp³-hybridized carbons (Fsp3) is 0.438. The molecule has 0 saturated carbocycles. The van der Waals surface area contributed by atoms with E-state index in [1.54, 1.807) is 0 Å². The number of hydrogen-bond donors (Lipinski definition) is 0. The zero-order valence-corrected chi connectivity index (χ0v) is 12.8. The maximum atomic E-state index is 4.37. The Balaban J connectivity index is 1.74. The van der Waals surface area contributed by atoms with Crippen LogP contribution < -0.4 is 0 Å². The van der Waals surface area contributed by atoms with Crippen molar-refractivity contribution >= 4 is 26.8 Å². The molecule has 1 aliphatic heterocycles. The molecule has 2 aromatic rings. The third-order valence-corrected chi connectivity index (χ3v) is 5.32. The summed E-state index contributed by atoms with van der Waals surface area (Å²) in [6.07, 6.45) is 3.10. The number of likely N-dealkylation sites (tertiary alicyclic amines) is 1. The molecule has 1 aromatic carbocycles. The molecule has 3 heteroatoms. The van der Waals surface area contributed by atoms with Crippen LogP contribution in [-0.4, -0.2) is 27.8 Å². The van der Waals surface area contributed by atoms with Gasteiger partial charge in [-0.3, -0.25) is 9.88 Å². The van der Waals surface area contributed by atoms with Crippen LogP contribution in [0.2, 0.25) is 0 Å². The Bertz CT molecular complexity index is 569. The Morgan fingerprint density at radius 1 is 1.37 bits per heavy atom. The van der Waals surface area contributed by atoms with Gasteiger partial charge in [0.05, 0.1) is 5.52 Å². The molecule has 0 radical (unpaired) electrons. The number of alkyl halides is 1. The second-order valence-corrected chi connectivity index (χ2v) is 6.72. The molecule has 3 rings (SSSR count). The van der Waals surface area contributed by atoms with Gasteiger partial charge >= 0.3 is 0 Å². The van der Waals surface area contributed by atoms with Gasteiger partial charge in [-0.2, -0.15) is 0 Å². The molecule has 2 heterocycles. The first-order valence-electron chi connectivity index (χ1n) is 6.92. The van der Waals surface area contributed by atoms with E-state index in [1.165, 1.54) is 30.5 Å². The van der Waals surface area contributed by atoms with E-state index >= 15 is 0 Å².